The topological polar surface area (TPSA) is 0 Å². The Morgan fingerprint density at radius 2 is 2.00 bits per heavy atom. The van der Waals surface area contributed by atoms with Crippen molar-refractivity contribution < 1.29 is 0 Å². The lowest BCUT2D eigenvalue weighted by Crippen LogP contribution is -1.50. The van der Waals surface area contributed by atoms with Gasteiger partial charge in [-0.1, -0.05) is 0 Å². The van der Waals surface area contributed by atoms with Crippen LogP contribution in [0.2, 0.25) is 0 Å². The highest BCUT2D eigenvalue weighted by molar-refractivity contribution is 9.12. The third-order valence-electron chi connectivity index (χ3n) is 0.0583. The average Bonchev–Trinajstić information content (AvgIpc) is 1.37. The fourth-order valence-electron chi connectivity index (χ4n) is 0. The summed E-state index contributed by atoms with van der Waals surface area (Å²) in [5.74, 6) is 0. The highest BCUT2D eigenvalue weighted by atomic mass is 79.9. The summed E-state index contributed by atoms with van der Waals surface area (Å²) in [4.78, 5) is 0. The van der Waals surface area contributed by atoms with Gasteiger partial charge in [0.15, 0.2) is 26.6 Å². The van der Waals surface area contributed by atoms with E-state index < -0.39 is 0 Å². The van der Waals surface area contributed by atoms with E-state index in [-0.39, 0.29) is 0 Å². The molecule has 0 aromatic heterocycles. The molecule has 0 bridgehead atoms. The van der Waals surface area contributed by atoms with Gasteiger partial charge in [0.2, 0.25) is 0 Å². The number of hydrogen-bond donors (Lipinski definition) is 0. The minimum Gasteiger partial charge on any atom is -0.0374 e. The van der Waals surface area contributed by atoms with Crippen LogP contribution in [-0.2, 0) is 0 Å². The second-order valence-electron chi connectivity index (χ2n) is 0.309. The van der Waals surface area contributed by atoms with E-state index in [0.29, 0.717) is 0 Å². The van der Waals surface area contributed by atoms with Crippen LogP contribution in [0.15, 0.2) is 0 Å². The van der Waals surface area contributed by atoms with E-state index in [4.69, 9.17) is 0 Å². The Morgan fingerprint density at radius 1 is 1.75 bits per heavy atom. The molecule has 0 N–H and O–H groups in total. The predicted octanol–water partition coefficient (Wildman–Crippen LogP) is 1.94. The molecule has 0 aliphatic rings. The summed E-state index contributed by atoms with van der Waals surface area (Å²) < 4.78 is 0. The van der Waals surface area contributed by atoms with Crippen LogP contribution in [0.1, 0.15) is 0 Å². The summed E-state index contributed by atoms with van der Waals surface area (Å²) in [7, 11) is 0. The lowest BCUT2D eigenvalue weighted by atomic mass is 11.0. The summed E-state index contributed by atoms with van der Waals surface area (Å²) in [6, 6.07) is 0. The van der Waals surface area contributed by atoms with Gasteiger partial charge < -0.3 is 0 Å². The Morgan fingerprint density at radius 3 is 2.00 bits per heavy atom. The Labute approximate surface area is 42.8 Å². The van der Waals surface area contributed by atoms with Gasteiger partial charge in [-0.05, 0) is 15.9 Å². The number of alkyl halides is 1. The first-order valence-electron chi connectivity index (χ1n) is 0.894. The molecule has 0 nitrogen and oxygen atoms in total. The molecule has 0 saturated carbocycles. The van der Waals surface area contributed by atoms with Crippen LogP contribution < -0.4 is 0 Å². The van der Waals surface area contributed by atoms with Gasteiger partial charge in [0, 0.05) is 0 Å². The molecular weight excluding hydrogens is 184 g/mol. The molecule has 4 heavy (non-hydrogen) atoms. The van der Waals surface area contributed by atoms with Crippen LogP contribution >= 0.6 is 31.9 Å². The zero-order chi connectivity index (χ0) is 3.41. The van der Waals surface area contributed by atoms with Gasteiger partial charge >= 0.3 is 0 Å². The average molecular weight is 187 g/mol. The molecule has 0 rings (SSSR count). The molecule has 0 unspecified atom stereocenters. The Balaban J connectivity index is 1.97. The predicted molar refractivity (Wildman–Crippen MR) is 27.0 cm³/mol. The van der Waals surface area contributed by atoms with Crippen LogP contribution in [0.3, 0.4) is 0 Å². The molecule has 0 aliphatic heterocycles. The van der Waals surface area contributed by atoms with Crippen molar-refractivity contribution in [3.8, 4) is 0 Å². The molecule has 0 amide bonds. The van der Waals surface area contributed by atoms with E-state index in [9.17, 15) is 0 Å². The van der Waals surface area contributed by atoms with Crippen molar-refractivity contribution in [1.29, 1.82) is 0 Å². The monoisotopic (exact) mass is 185 g/mol. The van der Waals surface area contributed by atoms with Gasteiger partial charge in [0.05, 0.1) is 0 Å². The fraction of sp³-hybridized carbons (Fsp3) is 0.500. The second-order valence-corrected chi connectivity index (χ2v) is 1.60. The molecule has 0 heterocycles. The molecule has 0 spiro atoms. The van der Waals surface area contributed by atoms with E-state index in [1.54, 1.807) is 0 Å². The summed E-state index contributed by atoms with van der Waals surface area (Å²) in [6.07, 6.45) is 0. The van der Waals surface area contributed by atoms with Crippen molar-refractivity contribution in [2.45, 2.75) is 0 Å². The minimum atomic E-state index is 0.924. The normalized spacial score (nSPS) is 6.50. The zero-order valence-electron chi connectivity index (χ0n) is 2.04. The van der Waals surface area contributed by atoms with Crippen LogP contribution in [0.5, 0.6) is 0 Å². The highest BCUT2D eigenvalue weighted by Crippen LogP contribution is 1.90. The summed E-state index contributed by atoms with van der Waals surface area (Å²) in [6.45, 7) is 0. The van der Waals surface area contributed by atoms with Gasteiger partial charge in [-0.3, -0.25) is 0 Å². The Kier molecular flexibility index (Phi) is 4.62. The first-order chi connectivity index (χ1) is 1.91. The van der Waals surface area contributed by atoms with Gasteiger partial charge in [-0.25, -0.2) is 0 Å². The summed E-state index contributed by atoms with van der Waals surface area (Å²) in [5.41, 5.74) is 0. The van der Waals surface area contributed by atoms with Crippen molar-refractivity contribution in [2.24, 2.45) is 0 Å². The molecule has 0 saturated heterocycles. The summed E-state index contributed by atoms with van der Waals surface area (Å²) >= 11 is 6.22. The molecule has 0 aliphatic carbocycles. The Bertz CT molecular complexity index is 6.00. The second kappa shape index (κ2) is 3.83. The lowest BCUT2D eigenvalue weighted by molar-refractivity contribution is 1.83. The first-order valence-corrected chi connectivity index (χ1v) is 2.93. The molecular formula is C2H3Br2+. The van der Waals surface area contributed by atoms with E-state index in [0.717, 1.165) is 5.33 Å². The van der Waals surface area contributed by atoms with E-state index in [1.165, 1.54) is 0 Å². The van der Waals surface area contributed by atoms with Gasteiger partial charge in [0.25, 0.3) is 0 Å². The van der Waals surface area contributed by atoms with Gasteiger partial charge in [-0.2, -0.15) is 0 Å². The standard InChI is InChI=1S/C2H3Br2/c3-1-2-4/h1H,2H2/q+1. The zero-order valence-corrected chi connectivity index (χ0v) is 5.21. The largest absolute Gasteiger partial charge is 0.196 e. The molecule has 0 fully saturated rings. The number of rotatable bonds is 1. The molecule has 0 atom stereocenters. The smallest absolute Gasteiger partial charge is 0.0374 e. The van der Waals surface area contributed by atoms with Crippen molar-refractivity contribution in [1.82, 2.24) is 0 Å². The summed E-state index contributed by atoms with van der Waals surface area (Å²) in [5, 5.41) is 2.78. The minimum absolute atomic E-state index is 0.924. The van der Waals surface area contributed by atoms with Crippen molar-refractivity contribution >= 4 is 31.9 Å². The van der Waals surface area contributed by atoms with E-state index in [2.05, 4.69) is 31.9 Å². The van der Waals surface area contributed by atoms with Crippen LogP contribution in [-0.4, -0.2) is 5.33 Å². The molecule has 0 aromatic rings. The Hall–Kier alpha value is 0.830. The highest BCUT2D eigenvalue weighted by Gasteiger charge is 1.76. The third-order valence-corrected chi connectivity index (χ3v) is 1.57. The quantitative estimate of drug-likeness (QED) is 0.434. The molecule has 0 aromatic carbocycles. The van der Waals surface area contributed by atoms with Gasteiger partial charge in [-0.15, -0.1) is 0 Å². The fourth-order valence-corrected chi connectivity index (χ4v) is 0. The van der Waals surface area contributed by atoms with Crippen LogP contribution in [0, 0.1) is 5.33 Å². The maximum Gasteiger partial charge on any atom is 0.196 e. The SMILES string of the molecule is Br[CH+]CBr. The number of hydrogen-bond acceptors (Lipinski definition) is 0. The maximum atomic E-state index is 3.15. The van der Waals surface area contributed by atoms with Crippen LogP contribution in [0.25, 0.3) is 0 Å². The van der Waals surface area contributed by atoms with Gasteiger partial charge in [0.1, 0.15) is 0 Å². The van der Waals surface area contributed by atoms with Crippen LogP contribution in [0.4, 0.5) is 0 Å². The van der Waals surface area contributed by atoms with E-state index >= 15 is 0 Å². The van der Waals surface area contributed by atoms with Crippen molar-refractivity contribution in [2.75, 3.05) is 5.33 Å². The maximum absolute atomic E-state index is 3.15. The number of halogens is 2. The third kappa shape index (κ3) is 2.83. The van der Waals surface area contributed by atoms with Crippen molar-refractivity contribution in [3.05, 3.63) is 5.33 Å². The van der Waals surface area contributed by atoms with Crippen molar-refractivity contribution in [3.63, 3.8) is 0 Å². The molecule has 0 radical (unpaired) electrons. The molecule has 2 heteroatoms. The lowest BCUT2D eigenvalue weighted by Gasteiger charge is -1.49. The molecule has 24 valence electrons. The first kappa shape index (κ1) is 4.83. The van der Waals surface area contributed by atoms with E-state index in [1.807, 2.05) is 5.33 Å².